The molecule has 0 heterocycles. The summed E-state index contributed by atoms with van der Waals surface area (Å²) in [6.07, 6.45) is 7.09. The van der Waals surface area contributed by atoms with Crippen LogP contribution in [0.4, 0.5) is 0 Å². The third kappa shape index (κ3) is 3.84. The summed E-state index contributed by atoms with van der Waals surface area (Å²) >= 11 is 0. The van der Waals surface area contributed by atoms with Crippen molar-refractivity contribution in [3.63, 3.8) is 0 Å². The van der Waals surface area contributed by atoms with Crippen LogP contribution in [0.15, 0.2) is 11.1 Å². The quantitative estimate of drug-likeness (QED) is 0.688. The molecular weight excluding hydrogens is 208 g/mol. The molecule has 0 aromatic rings. The monoisotopic (exact) mass is 238 g/mol. The highest BCUT2D eigenvalue weighted by Gasteiger charge is 2.33. The van der Waals surface area contributed by atoms with E-state index in [1.165, 1.54) is 32.1 Å². The molecule has 1 rings (SSSR count). The lowest BCUT2D eigenvalue weighted by Crippen LogP contribution is -2.27. The Morgan fingerprint density at radius 2 is 2.00 bits per heavy atom. The van der Waals surface area contributed by atoms with Crippen molar-refractivity contribution in [3.05, 3.63) is 11.1 Å². The Balaban J connectivity index is 2.97. The third-order valence-electron chi connectivity index (χ3n) is 4.21. The zero-order valence-electron chi connectivity index (χ0n) is 12.3. The summed E-state index contributed by atoms with van der Waals surface area (Å²) in [5.41, 5.74) is 3.60. The fourth-order valence-corrected chi connectivity index (χ4v) is 3.68. The maximum absolute atomic E-state index is 9.71. The van der Waals surface area contributed by atoms with E-state index in [2.05, 4.69) is 27.7 Å². The van der Waals surface area contributed by atoms with Crippen molar-refractivity contribution < 1.29 is 5.11 Å². The number of aliphatic hydroxyl groups excluding tert-OH is 1. The van der Waals surface area contributed by atoms with Crippen molar-refractivity contribution >= 4 is 0 Å². The standard InChI is InChI=1S/C16H30O/c1-6-8-14(11-13(3)17)15-12(2)9-7-10-16(15,4)5/h13-14,17H,6-11H2,1-5H3. The van der Waals surface area contributed by atoms with E-state index < -0.39 is 0 Å². The maximum Gasteiger partial charge on any atom is 0.0517 e. The SMILES string of the molecule is CCCC(CC(C)O)C1=C(C)CCCC1(C)C. The molecule has 0 spiro atoms. The van der Waals surface area contributed by atoms with Gasteiger partial charge in [0.05, 0.1) is 6.10 Å². The van der Waals surface area contributed by atoms with E-state index in [1.54, 1.807) is 11.1 Å². The molecule has 1 heteroatoms. The van der Waals surface area contributed by atoms with Crippen LogP contribution in [0.5, 0.6) is 0 Å². The van der Waals surface area contributed by atoms with Gasteiger partial charge in [-0.3, -0.25) is 0 Å². The predicted octanol–water partition coefficient (Wildman–Crippen LogP) is 4.70. The molecule has 0 aromatic heterocycles. The summed E-state index contributed by atoms with van der Waals surface area (Å²) in [4.78, 5) is 0. The van der Waals surface area contributed by atoms with Crippen LogP contribution in [-0.4, -0.2) is 11.2 Å². The Bertz CT molecular complexity index is 273. The minimum Gasteiger partial charge on any atom is -0.393 e. The van der Waals surface area contributed by atoms with Crippen LogP contribution in [0.3, 0.4) is 0 Å². The average Bonchev–Trinajstić information content (AvgIpc) is 2.15. The molecule has 0 amide bonds. The van der Waals surface area contributed by atoms with E-state index >= 15 is 0 Å². The fourth-order valence-electron chi connectivity index (χ4n) is 3.68. The van der Waals surface area contributed by atoms with Crippen molar-refractivity contribution in [2.24, 2.45) is 11.3 Å². The summed E-state index contributed by atoms with van der Waals surface area (Å²) < 4.78 is 0. The minimum absolute atomic E-state index is 0.176. The molecule has 0 fully saturated rings. The van der Waals surface area contributed by atoms with Gasteiger partial charge in [0.25, 0.3) is 0 Å². The van der Waals surface area contributed by atoms with Gasteiger partial charge in [-0.2, -0.15) is 0 Å². The van der Waals surface area contributed by atoms with Crippen LogP contribution < -0.4 is 0 Å². The van der Waals surface area contributed by atoms with E-state index in [4.69, 9.17) is 0 Å². The second-order valence-corrected chi connectivity index (χ2v) is 6.50. The van der Waals surface area contributed by atoms with Crippen LogP contribution in [0.1, 0.15) is 73.1 Å². The van der Waals surface area contributed by atoms with Crippen molar-refractivity contribution in [2.45, 2.75) is 79.2 Å². The lowest BCUT2D eigenvalue weighted by atomic mass is 9.66. The van der Waals surface area contributed by atoms with Gasteiger partial charge < -0.3 is 5.11 Å². The Kier molecular flexibility index (Phi) is 5.24. The smallest absolute Gasteiger partial charge is 0.0517 e. The van der Waals surface area contributed by atoms with Gasteiger partial charge in [0.15, 0.2) is 0 Å². The number of hydrogen-bond acceptors (Lipinski definition) is 1. The van der Waals surface area contributed by atoms with Crippen LogP contribution in [0, 0.1) is 11.3 Å². The molecule has 0 aromatic carbocycles. The molecule has 1 aliphatic rings. The molecule has 100 valence electrons. The summed E-state index contributed by atoms with van der Waals surface area (Å²) in [6, 6.07) is 0. The molecule has 2 atom stereocenters. The first-order valence-corrected chi connectivity index (χ1v) is 7.26. The topological polar surface area (TPSA) is 20.2 Å². The van der Waals surface area contributed by atoms with E-state index in [9.17, 15) is 5.11 Å². The van der Waals surface area contributed by atoms with Gasteiger partial charge in [0, 0.05) is 0 Å². The number of rotatable bonds is 5. The van der Waals surface area contributed by atoms with E-state index in [-0.39, 0.29) is 6.10 Å². The highest BCUT2D eigenvalue weighted by atomic mass is 16.3. The van der Waals surface area contributed by atoms with Crippen molar-refractivity contribution in [1.82, 2.24) is 0 Å². The summed E-state index contributed by atoms with van der Waals surface area (Å²) in [5.74, 6) is 0.593. The van der Waals surface area contributed by atoms with E-state index in [0.29, 0.717) is 11.3 Å². The molecule has 1 N–H and O–H groups in total. The van der Waals surface area contributed by atoms with Crippen LogP contribution in [-0.2, 0) is 0 Å². The third-order valence-corrected chi connectivity index (χ3v) is 4.21. The first-order valence-electron chi connectivity index (χ1n) is 7.26. The maximum atomic E-state index is 9.71. The summed E-state index contributed by atoms with van der Waals surface area (Å²) in [7, 11) is 0. The minimum atomic E-state index is -0.176. The van der Waals surface area contributed by atoms with Gasteiger partial charge in [-0.25, -0.2) is 0 Å². The van der Waals surface area contributed by atoms with Gasteiger partial charge in [-0.05, 0) is 57.3 Å². The number of aliphatic hydroxyl groups is 1. The van der Waals surface area contributed by atoms with Crippen LogP contribution >= 0.6 is 0 Å². The molecule has 0 bridgehead atoms. The van der Waals surface area contributed by atoms with Crippen LogP contribution in [0.2, 0.25) is 0 Å². The second-order valence-electron chi connectivity index (χ2n) is 6.50. The Labute approximate surface area is 107 Å². The average molecular weight is 238 g/mol. The normalized spacial score (nSPS) is 23.6. The number of allylic oxidation sites excluding steroid dienone is 2. The first kappa shape index (κ1) is 14.8. The van der Waals surface area contributed by atoms with Gasteiger partial charge in [0.2, 0.25) is 0 Å². The molecule has 0 radical (unpaired) electrons. The summed E-state index contributed by atoms with van der Waals surface area (Å²) in [5, 5.41) is 9.71. The fraction of sp³-hybridized carbons (Fsp3) is 0.875. The largest absolute Gasteiger partial charge is 0.393 e. The molecule has 1 aliphatic carbocycles. The Morgan fingerprint density at radius 3 is 2.47 bits per heavy atom. The zero-order chi connectivity index (χ0) is 13.1. The highest BCUT2D eigenvalue weighted by molar-refractivity contribution is 5.25. The molecule has 17 heavy (non-hydrogen) atoms. The molecule has 1 nitrogen and oxygen atoms in total. The van der Waals surface area contributed by atoms with Crippen molar-refractivity contribution in [1.29, 1.82) is 0 Å². The van der Waals surface area contributed by atoms with E-state index in [0.717, 1.165) is 6.42 Å². The van der Waals surface area contributed by atoms with E-state index in [1.807, 2.05) is 6.92 Å². The second kappa shape index (κ2) is 6.04. The molecule has 2 unspecified atom stereocenters. The number of hydrogen-bond donors (Lipinski definition) is 1. The van der Waals surface area contributed by atoms with Crippen molar-refractivity contribution in [3.8, 4) is 0 Å². The molecular formula is C16H30O. The molecule has 0 aliphatic heterocycles. The zero-order valence-corrected chi connectivity index (χ0v) is 12.3. The molecule has 0 saturated heterocycles. The van der Waals surface area contributed by atoms with Gasteiger partial charge in [-0.1, -0.05) is 38.3 Å². The first-order chi connectivity index (χ1) is 7.88. The molecule has 0 saturated carbocycles. The predicted molar refractivity (Wildman–Crippen MR) is 75.0 cm³/mol. The lowest BCUT2D eigenvalue weighted by molar-refractivity contribution is 0.156. The lowest BCUT2D eigenvalue weighted by Gasteiger charge is -2.39. The summed E-state index contributed by atoms with van der Waals surface area (Å²) in [6.45, 7) is 11.3. The highest BCUT2D eigenvalue weighted by Crippen LogP contribution is 2.46. The Hall–Kier alpha value is -0.300. The Morgan fingerprint density at radius 1 is 1.35 bits per heavy atom. The van der Waals surface area contributed by atoms with Gasteiger partial charge in [0.1, 0.15) is 0 Å². The van der Waals surface area contributed by atoms with Crippen LogP contribution in [0.25, 0.3) is 0 Å². The van der Waals surface area contributed by atoms with Gasteiger partial charge in [-0.15, -0.1) is 0 Å². The van der Waals surface area contributed by atoms with Gasteiger partial charge >= 0.3 is 0 Å². The van der Waals surface area contributed by atoms with Crippen molar-refractivity contribution in [2.75, 3.05) is 0 Å².